The van der Waals surface area contributed by atoms with E-state index in [1.54, 1.807) is 13.0 Å². The van der Waals surface area contributed by atoms with Crippen molar-refractivity contribution in [1.29, 1.82) is 0 Å². The van der Waals surface area contributed by atoms with Gasteiger partial charge in [0, 0.05) is 17.7 Å². The SMILES string of the molecule is C=C(C)C(=O)NCC/C(=C\c1ccc(CC)cc1)C(=O)O. The molecule has 112 valence electrons. The van der Waals surface area contributed by atoms with Crippen molar-refractivity contribution < 1.29 is 14.7 Å². The molecule has 0 unspecified atom stereocenters. The van der Waals surface area contributed by atoms with Gasteiger partial charge in [0.15, 0.2) is 0 Å². The number of rotatable bonds is 7. The summed E-state index contributed by atoms with van der Waals surface area (Å²) in [5, 5.41) is 11.8. The van der Waals surface area contributed by atoms with Gasteiger partial charge >= 0.3 is 5.97 Å². The minimum atomic E-state index is -0.973. The van der Waals surface area contributed by atoms with E-state index in [0.29, 0.717) is 5.57 Å². The molecule has 0 radical (unpaired) electrons. The lowest BCUT2D eigenvalue weighted by molar-refractivity contribution is -0.132. The molecule has 0 aromatic heterocycles. The fraction of sp³-hybridized carbons (Fsp3) is 0.294. The molecule has 2 N–H and O–H groups in total. The van der Waals surface area contributed by atoms with Gasteiger partial charge in [0.25, 0.3) is 0 Å². The van der Waals surface area contributed by atoms with Crippen LogP contribution >= 0.6 is 0 Å². The van der Waals surface area contributed by atoms with Crippen LogP contribution in [-0.4, -0.2) is 23.5 Å². The Balaban J connectivity index is 2.71. The van der Waals surface area contributed by atoms with Crippen LogP contribution < -0.4 is 5.32 Å². The second-order valence-electron chi connectivity index (χ2n) is 4.86. The quantitative estimate of drug-likeness (QED) is 0.758. The van der Waals surface area contributed by atoms with Crippen molar-refractivity contribution in [1.82, 2.24) is 5.32 Å². The first-order valence-corrected chi connectivity index (χ1v) is 6.90. The normalized spacial score (nSPS) is 11.0. The van der Waals surface area contributed by atoms with Gasteiger partial charge in [0.1, 0.15) is 0 Å². The molecule has 0 saturated heterocycles. The number of amides is 1. The van der Waals surface area contributed by atoms with E-state index in [1.165, 1.54) is 5.56 Å². The number of aryl methyl sites for hydroxylation is 1. The van der Waals surface area contributed by atoms with E-state index in [-0.39, 0.29) is 24.4 Å². The van der Waals surface area contributed by atoms with Crippen LogP contribution in [0.4, 0.5) is 0 Å². The van der Waals surface area contributed by atoms with E-state index in [9.17, 15) is 14.7 Å². The van der Waals surface area contributed by atoms with Gasteiger partial charge in [0.05, 0.1) is 0 Å². The predicted octanol–water partition coefficient (Wildman–Crippen LogP) is 2.80. The molecule has 0 heterocycles. The van der Waals surface area contributed by atoms with Crippen molar-refractivity contribution in [3.05, 3.63) is 53.1 Å². The molecular weight excluding hydrogens is 266 g/mol. The average molecular weight is 287 g/mol. The summed E-state index contributed by atoms with van der Waals surface area (Å²) < 4.78 is 0. The summed E-state index contributed by atoms with van der Waals surface area (Å²) in [5.74, 6) is -1.23. The molecule has 0 aliphatic heterocycles. The standard InChI is InChI=1S/C17H21NO3/c1-4-13-5-7-14(8-6-13)11-15(17(20)21)9-10-18-16(19)12(2)3/h5-8,11H,2,4,9-10H2,1,3H3,(H,18,19)(H,20,21)/b15-11+. The smallest absolute Gasteiger partial charge is 0.331 e. The summed E-state index contributed by atoms with van der Waals surface area (Å²) in [5.41, 5.74) is 2.72. The van der Waals surface area contributed by atoms with Gasteiger partial charge in [-0.15, -0.1) is 0 Å². The average Bonchev–Trinajstić information content (AvgIpc) is 2.46. The lowest BCUT2D eigenvalue weighted by atomic mass is 10.1. The number of carboxylic acid groups (broad SMARTS) is 1. The highest BCUT2D eigenvalue weighted by Crippen LogP contribution is 2.12. The van der Waals surface area contributed by atoms with Crippen LogP contribution in [0.3, 0.4) is 0 Å². The van der Waals surface area contributed by atoms with Gasteiger partial charge in [-0.05, 0) is 37.0 Å². The van der Waals surface area contributed by atoms with Crippen LogP contribution in [0.15, 0.2) is 42.0 Å². The molecule has 4 nitrogen and oxygen atoms in total. The van der Waals surface area contributed by atoms with Gasteiger partial charge in [0.2, 0.25) is 5.91 Å². The van der Waals surface area contributed by atoms with E-state index in [2.05, 4.69) is 18.8 Å². The third-order valence-electron chi connectivity index (χ3n) is 3.07. The Hall–Kier alpha value is -2.36. The van der Waals surface area contributed by atoms with Gasteiger partial charge in [-0.2, -0.15) is 0 Å². The molecule has 0 aliphatic rings. The summed E-state index contributed by atoms with van der Waals surface area (Å²) in [6.45, 7) is 7.48. The van der Waals surface area contributed by atoms with Crippen LogP contribution in [-0.2, 0) is 16.0 Å². The van der Waals surface area contributed by atoms with E-state index in [0.717, 1.165) is 12.0 Å². The molecule has 0 saturated carbocycles. The predicted molar refractivity (Wildman–Crippen MR) is 83.9 cm³/mol. The van der Waals surface area contributed by atoms with Crippen LogP contribution in [0.2, 0.25) is 0 Å². The monoisotopic (exact) mass is 287 g/mol. The Labute approximate surface area is 125 Å². The highest BCUT2D eigenvalue weighted by atomic mass is 16.4. The fourth-order valence-corrected chi connectivity index (χ4v) is 1.75. The summed E-state index contributed by atoms with van der Waals surface area (Å²) in [7, 11) is 0. The molecule has 4 heteroatoms. The van der Waals surface area contributed by atoms with Gasteiger partial charge < -0.3 is 10.4 Å². The molecule has 0 spiro atoms. The van der Waals surface area contributed by atoms with Gasteiger partial charge in [-0.25, -0.2) is 4.79 Å². The lowest BCUT2D eigenvalue weighted by Gasteiger charge is -2.06. The summed E-state index contributed by atoms with van der Waals surface area (Å²) in [6.07, 6.45) is 2.85. The minimum absolute atomic E-state index is 0.257. The van der Waals surface area contributed by atoms with Crippen LogP contribution in [0.5, 0.6) is 0 Å². The molecule has 1 aromatic rings. The maximum Gasteiger partial charge on any atom is 0.331 e. The van der Waals surface area contributed by atoms with Crippen molar-refractivity contribution in [2.75, 3.05) is 6.54 Å². The molecule has 0 fully saturated rings. The number of carboxylic acids is 1. The number of hydrogen-bond acceptors (Lipinski definition) is 2. The van der Waals surface area contributed by atoms with Crippen molar-refractivity contribution >= 4 is 18.0 Å². The Bertz CT molecular complexity index is 556. The van der Waals surface area contributed by atoms with E-state index < -0.39 is 5.97 Å². The second-order valence-corrected chi connectivity index (χ2v) is 4.86. The summed E-state index contributed by atoms with van der Waals surface area (Å²) in [6, 6.07) is 7.75. The second kappa shape index (κ2) is 8.04. The Morgan fingerprint density at radius 1 is 1.29 bits per heavy atom. The van der Waals surface area contributed by atoms with Crippen LogP contribution in [0, 0.1) is 0 Å². The Morgan fingerprint density at radius 2 is 1.90 bits per heavy atom. The van der Waals surface area contributed by atoms with Gasteiger partial charge in [-0.3, -0.25) is 4.79 Å². The van der Waals surface area contributed by atoms with Crippen molar-refractivity contribution in [2.24, 2.45) is 0 Å². The highest BCUT2D eigenvalue weighted by Gasteiger charge is 2.08. The first-order valence-electron chi connectivity index (χ1n) is 6.90. The lowest BCUT2D eigenvalue weighted by Crippen LogP contribution is -2.25. The van der Waals surface area contributed by atoms with Crippen molar-refractivity contribution in [3.8, 4) is 0 Å². The summed E-state index contributed by atoms with van der Waals surface area (Å²) >= 11 is 0. The third kappa shape index (κ3) is 5.65. The first kappa shape index (κ1) is 16.7. The number of aliphatic carboxylic acids is 1. The number of benzene rings is 1. The third-order valence-corrected chi connectivity index (χ3v) is 3.07. The number of carbonyl (C=O) groups excluding carboxylic acids is 1. The molecule has 0 bridgehead atoms. The molecule has 1 aromatic carbocycles. The Kier molecular flexibility index (Phi) is 6.40. The maximum absolute atomic E-state index is 11.3. The molecule has 1 amide bonds. The Morgan fingerprint density at radius 3 is 2.38 bits per heavy atom. The maximum atomic E-state index is 11.3. The zero-order chi connectivity index (χ0) is 15.8. The van der Waals surface area contributed by atoms with Crippen LogP contribution in [0.1, 0.15) is 31.4 Å². The van der Waals surface area contributed by atoms with Gasteiger partial charge in [-0.1, -0.05) is 37.8 Å². The van der Waals surface area contributed by atoms with Crippen molar-refractivity contribution in [2.45, 2.75) is 26.7 Å². The van der Waals surface area contributed by atoms with E-state index >= 15 is 0 Å². The van der Waals surface area contributed by atoms with Crippen molar-refractivity contribution in [3.63, 3.8) is 0 Å². The van der Waals surface area contributed by atoms with Crippen LogP contribution in [0.25, 0.3) is 6.08 Å². The highest BCUT2D eigenvalue weighted by molar-refractivity contribution is 5.93. The molecular formula is C17H21NO3. The first-order chi connectivity index (χ1) is 9.93. The molecule has 1 rings (SSSR count). The topological polar surface area (TPSA) is 66.4 Å². The molecule has 0 atom stereocenters. The zero-order valence-electron chi connectivity index (χ0n) is 12.5. The largest absolute Gasteiger partial charge is 0.478 e. The summed E-state index contributed by atoms with van der Waals surface area (Å²) in [4.78, 5) is 22.6. The zero-order valence-corrected chi connectivity index (χ0v) is 12.5. The molecule has 0 aliphatic carbocycles. The number of carbonyl (C=O) groups is 2. The number of hydrogen-bond donors (Lipinski definition) is 2. The minimum Gasteiger partial charge on any atom is -0.478 e. The molecule has 21 heavy (non-hydrogen) atoms. The fourth-order valence-electron chi connectivity index (χ4n) is 1.75. The number of nitrogens with one attached hydrogen (secondary N) is 1. The van der Waals surface area contributed by atoms with E-state index in [1.807, 2.05) is 24.3 Å². The van der Waals surface area contributed by atoms with E-state index in [4.69, 9.17) is 0 Å².